The molecule has 0 saturated heterocycles. The number of hydrogen-bond donors (Lipinski definition) is 2. The average Bonchev–Trinajstić information content (AvgIpc) is 3.46. The molecule has 0 spiro atoms. The molecule has 0 saturated carbocycles. The number of nitrogens with one attached hydrogen (secondary N) is 2. The van der Waals surface area contributed by atoms with Crippen molar-refractivity contribution in [2.24, 2.45) is 0 Å². The highest BCUT2D eigenvalue weighted by Crippen LogP contribution is 2.23. The third-order valence-electron chi connectivity index (χ3n) is 4.99. The van der Waals surface area contributed by atoms with E-state index in [1.165, 1.54) is 29.4 Å². The molecule has 0 atom stereocenters. The van der Waals surface area contributed by atoms with Crippen LogP contribution in [-0.4, -0.2) is 34.5 Å². The van der Waals surface area contributed by atoms with Gasteiger partial charge >= 0.3 is 0 Å². The van der Waals surface area contributed by atoms with Gasteiger partial charge in [0.25, 0.3) is 5.56 Å². The molecule has 2 N–H and O–H groups in total. The summed E-state index contributed by atoms with van der Waals surface area (Å²) in [4.78, 5) is 21.5. The molecule has 0 aliphatic heterocycles. The van der Waals surface area contributed by atoms with Gasteiger partial charge in [0, 0.05) is 17.8 Å². The van der Waals surface area contributed by atoms with Gasteiger partial charge in [0.2, 0.25) is 0 Å². The number of aromatic nitrogens is 7. The number of anilines is 1. The summed E-state index contributed by atoms with van der Waals surface area (Å²) in [7, 11) is 0. The largest absolute Gasteiger partial charge is 0.363 e. The molecule has 5 aromatic rings. The highest BCUT2D eigenvalue weighted by Gasteiger charge is 2.14. The number of aromatic amines is 1. The smallest absolute Gasteiger partial charge is 0.266 e. The van der Waals surface area contributed by atoms with Crippen molar-refractivity contribution >= 4 is 28.3 Å². The average molecular weight is 451 g/mol. The molecular weight excluding hydrogens is 435 g/mol. The van der Waals surface area contributed by atoms with Gasteiger partial charge in [0.15, 0.2) is 0 Å². The number of H-pyrrole nitrogens is 1. The molecule has 9 nitrogen and oxygen atoms in total. The van der Waals surface area contributed by atoms with Crippen molar-refractivity contribution in [1.82, 2.24) is 34.5 Å². The van der Waals surface area contributed by atoms with Crippen LogP contribution in [0.5, 0.6) is 0 Å². The van der Waals surface area contributed by atoms with Crippen LogP contribution in [0.4, 0.5) is 10.2 Å². The van der Waals surface area contributed by atoms with Gasteiger partial charge in [-0.15, -0.1) is 0 Å². The Balaban J connectivity index is 1.48. The summed E-state index contributed by atoms with van der Waals surface area (Å²) in [5.74, 6) is 0.839. The van der Waals surface area contributed by atoms with Crippen molar-refractivity contribution in [2.45, 2.75) is 13.1 Å². The number of pyridine rings is 2. The zero-order valence-electron chi connectivity index (χ0n) is 16.5. The van der Waals surface area contributed by atoms with Crippen molar-refractivity contribution in [1.29, 1.82) is 0 Å². The fourth-order valence-corrected chi connectivity index (χ4v) is 3.58. The quantitative estimate of drug-likeness (QED) is 0.411. The van der Waals surface area contributed by atoms with E-state index in [-0.39, 0.29) is 17.9 Å². The first kappa shape index (κ1) is 19.9. The molecule has 0 radical (unpaired) electrons. The van der Waals surface area contributed by atoms with Crippen molar-refractivity contribution < 1.29 is 4.39 Å². The third kappa shape index (κ3) is 3.71. The van der Waals surface area contributed by atoms with Gasteiger partial charge in [-0.05, 0) is 12.1 Å². The van der Waals surface area contributed by atoms with E-state index in [0.29, 0.717) is 45.4 Å². The van der Waals surface area contributed by atoms with Gasteiger partial charge < -0.3 is 5.32 Å². The van der Waals surface area contributed by atoms with E-state index < -0.39 is 0 Å². The molecule has 11 heteroatoms. The summed E-state index contributed by atoms with van der Waals surface area (Å²) in [6.07, 6.45) is 5.98. The van der Waals surface area contributed by atoms with Gasteiger partial charge in [-0.2, -0.15) is 10.2 Å². The highest BCUT2D eigenvalue weighted by molar-refractivity contribution is 6.32. The maximum absolute atomic E-state index is 14.0. The van der Waals surface area contributed by atoms with E-state index in [4.69, 9.17) is 11.6 Å². The molecule has 0 aliphatic carbocycles. The molecule has 0 amide bonds. The Morgan fingerprint density at radius 2 is 2.03 bits per heavy atom. The standard InChI is InChI=1S/C21H16ClFN8O/c22-15-9-24-19(25-10-20-26-12-27-29-20)7-18(15)30-6-5-17-14(21(30)32)8-28-31(17)11-13-3-1-2-4-16(13)23/h1-9,12H,10-11H2,(H,24,25)(H,26,27,29). The Morgan fingerprint density at radius 1 is 1.16 bits per heavy atom. The maximum atomic E-state index is 14.0. The lowest BCUT2D eigenvalue weighted by Crippen LogP contribution is -2.18. The Labute approximate surface area is 185 Å². The Bertz CT molecular complexity index is 1460. The van der Waals surface area contributed by atoms with Crippen LogP contribution in [0.2, 0.25) is 5.02 Å². The van der Waals surface area contributed by atoms with Crippen molar-refractivity contribution in [2.75, 3.05) is 5.32 Å². The lowest BCUT2D eigenvalue weighted by molar-refractivity contribution is 0.590. The van der Waals surface area contributed by atoms with Crippen LogP contribution >= 0.6 is 11.6 Å². The van der Waals surface area contributed by atoms with Gasteiger partial charge in [-0.3, -0.25) is 19.1 Å². The van der Waals surface area contributed by atoms with Crippen molar-refractivity contribution in [3.8, 4) is 5.69 Å². The molecule has 0 aliphatic rings. The summed E-state index contributed by atoms with van der Waals surface area (Å²) < 4.78 is 17.1. The number of fused-ring (bicyclic) bond motifs is 1. The minimum atomic E-state index is -0.321. The minimum Gasteiger partial charge on any atom is -0.363 e. The van der Waals surface area contributed by atoms with Crippen LogP contribution in [0.25, 0.3) is 16.6 Å². The molecular formula is C21H16ClFN8O. The lowest BCUT2D eigenvalue weighted by atomic mass is 10.2. The molecule has 4 aromatic heterocycles. The first-order valence-electron chi connectivity index (χ1n) is 9.65. The number of rotatable bonds is 6. The van der Waals surface area contributed by atoms with E-state index in [2.05, 4.69) is 30.6 Å². The van der Waals surface area contributed by atoms with Gasteiger partial charge in [0.05, 0.1) is 47.1 Å². The van der Waals surface area contributed by atoms with Crippen LogP contribution < -0.4 is 10.9 Å². The summed E-state index contributed by atoms with van der Waals surface area (Å²) >= 11 is 6.34. The number of nitrogens with zero attached hydrogens (tertiary/aromatic N) is 6. The molecule has 4 heterocycles. The molecule has 32 heavy (non-hydrogen) atoms. The zero-order chi connectivity index (χ0) is 22.1. The fraction of sp³-hybridized carbons (Fsp3) is 0.0952. The number of benzene rings is 1. The first-order chi connectivity index (χ1) is 15.6. The second kappa shape index (κ2) is 8.23. The minimum absolute atomic E-state index is 0.214. The summed E-state index contributed by atoms with van der Waals surface area (Å²) in [6, 6.07) is 9.91. The number of hydrogen-bond acceptors (Lipinski definition) is 6. The molecule has 0 bridgehead atoms. The second-order valence-electron chi connectivity index (χ2n) is 6.99. The summed E-state index contributed by atoms with van der Waals surface area (Å²) in [5, 5.41) is 14.7. The number of halogens is 2. The first-order valence-corrected chi connectivity index (χ1v) is 10.0. The van der Waals surface area contributed by atoms with E-state index in [1.807, 2.05) is 0 Å². The van der Waals surface area contributed by atoms with E-state index >= 15 is 0 Å². The lowest BCUT2D eigenvalue weighted by Gasteiger charge is -2.11. The molecule has 1 aromatic carbocycles. The van der Waals surface area contributed by atoms with E-state index in [1.54, 1.807) is 41.2 Å². The Morgan fingerprint density at radius 3 is 2.84 bits per heavy atom. The van der Waals surface area contributed by atoms with Crippen molar-refractivity contribution in [3.63, 3.8) is 0 Å². The normalized spacial score (nSPS) is 11.2. The molecule has 160 valence electrons. The van der Waals surface area contributed by atoms with E-state index in [0.717, 1.165) is 0 Å². The molecule has 0 unspecified atom stereocenters. The predicted octanol–water partition coefficient (Wildman–Crippen LogP) is 3.15. The Hall–Kier alpha value is -4.05. The predicted molar refractivity (Wildman–Crippen MR) is 117 cm³/mol. The molecule has 5 rings (SSSR count). The summed E-state index contributed by atoms with van der Waals surface area (Å²) in [5.41, 5.74) is 1.26. The SMILES string of the molecule is O=c1c2cnn(Cc3ccccc3F)c2ccn1-c1cc(NCc2ncn[nH]2)ncc1Cl. The maximum Gasteiger partial charge on any atom is 0.266 e. The van der Waals surface area contributed by atoms with Gasteiger partial charge in [-0.1, -0.05) is 29.8 Å². The monoisotopic (exact) mass is 450 g/mol. The topological polar surface area (TPSA) is 106 Å². The van der Waals surface area contributed by atoms with Crippen LogP contribution in [0.1, 0.15) is 11.4 Å². The third-order valence-corrected chi connectivity index (χ3v) is 5.28. The van der Waals surface area contributed by atoms with Crippen LogP contribution in [0.15, 0.2) is 66.1 Å². The van der Waals surface area contributed by atoms with Crippen molar-refractivity contribution in [3.05, 3.63) is 93.9 Å². The summed E-state index contributed by atoms with van der Waals surface area (Å²) in [6.45, 7) is 0.593. The van der Waals surface area contributed by atoms with Crippen LogP contribution in [0, 0.1) is 5.82 Å². The van der Waals surface area contributed by atoms with Gasteiger partial charge in [0.1, 0.15) is 23.8 Å². The highest BCUT2D eigenvalue weighted by atomic mass is 35.5. The fourth-order valence-electron chi connectivity index (χ4n) is 3.38. The zero-order valence-corrected chi connectivity index (χ0v) is 17.3. The van der Waals surface area contributed by atoms with E-state index in [9.17, 15) is 9.18 Å². The second-order valence-corrected chi connectivity index (χ2v) is 7.40. The molecule has 0 fully saturated rings. The van der Waals surface area contributed by atoms with Gasteiger partial charge in [-0.25, -0.2) is 14.4 Å². The van der Waals surface area contributed by atoms with Crippen LogP contribution in [-0.2, 0) is 13.1 Å². The Kier molecular flexibility index (Phi) is 5.12. The van der Waals surface area contributed by atoms with Crippen LogP contribution in [0.3, 0.4) is 0 Å².